The number of hydrogen-bond acceptors (Lipinski definition) is 5. The lowest BCUT2D eigenvalue weighted by atomic mass is 9.90. The van der Waals surface area contributed by atoms with E-state index in [0.717, 1.165) is 50.0 Å². The minimum absolute atomic E-state index is 0.0393. The predicted molar refractivity (Wildman–Crippen MR) is 107 cm³/mol. The summed E-state index contributed by atoms with van der Waals surface area (Å²) in [5.41, 5.74) is 1.90. The second kappa shape index (κ2) is 7.09. The lowest BCUT2D eigenvalue weighted by molar-refractivity contribution is -0.0543. The molecule has 0 radical (unpaired) electrons. The van der Waals surface area contributed by atoms with Gasteiger partial charge in [0, 0.05) is 23.6 Å². The number of thiophene rings is 1. The van der Waals surface area contributed by atoms with Crippen LogP contribution >= 0.6 is 23.1 Å². The molecular weight excluding hydrogens is 352 g/mol. The van der Waals surface area contributed by atoms with Gasteiger partial charge in [0.05, 0.1) is 17.6 Å². The van der Waals surface area contributed by atoms with Gasteiger partial charge in [-0.15, -0.1) is 17.9 Å². The Balaban J connectivity index is 2.20. The second-order valence-electron chi connectivity index (χ2n) is 6.80. The molecule has 3 heterocycles. The van der Waals surface area contributed by atoms with Crippen LogP contribution in [0.1, 0.15) is 37.6 Å². The molecule has 2 aromatic heterocycles. The molecule has 0 aliphatic carbocycles. The van der Waals surface area contributed by atoms with Crippen LogP contribution in [0.3, 0.4) is 0 Å². The molecule has 0 saturated carbocycles. The summed E-state index contributed by atoms with van der Waals surface area (Å²) in [7, 11) is 0. The Hall–Kier alpha value is -1.37. The van der Waals surface area contributed by atoms with Crippen LogP contribution in [0.4, 0.5) is 0 Å². The van der Waals surface area contributed by atoms with E-state index in [1.54, 1.807) is 15.9 Å². The van der Waals surface area contributed by atoms with Gasteiger partial charge in [-0.2, -0.15) is 0 Å². The highest BCUT2D eigenvalue weighted by atomic mass is 32.2. The molecule has 134 valence electrons. The first-order valence-corrected chi connectivity index (χ1v) is 10.3. The fraction of sp³-hybridized carbons (Fsp3) is 0.474. The van der Waals surface area contributed by atoms with Gasteiger partial charge in [0.25, 0.3) is 5.56 Å². The monoisotopic (exact) mass is 376 g/mol. The van der Waals surface area contributed by atoms with Crippen molar-refractivity contribution in [1.82, 2.24) is 9.55 Å². The van der Waals surface area contributed by atoms with Crippen LogP contribution in [0.2, 0.25) is 0 Å². The van der Waals surface area contributed by atoms with E-state index < -0.39 is 0 Å². The quantitative estimate of drug-likeness (QED) is 0.421. The van der Waals surface area contributed by atoms with Crippen molar-refractivity contribution < 1.29 is 4.74 Å². The summed E-state index contributed by atoms with van der Waals surface area (Å²) in [6.45, 7) is 15.0. The Kier molecular flexibility index (Phi) is 5.23. The van der Waals surface area contributed by atoms with Crippen LogP contribution in [0, 0.1) is 0 Å². The normalized spacial score (nSPS) is 19.8. The first kappa shape index (κ1) is 18.4. The summed E-state index contributed by atoms with van der Waals surface area (Å²) in [6.07, 6.45) is 3.51. The molecule has 0 fully saturated rings. The molecule has 25 heavy (non-hydrogen) atoms. The van der Waals surface area contributed by atoms with E-state index in [1.165, 1.54) is 11.8 Å². The Labute approximate surface area is 156 Å². The molecule has 0 unspecified atom stereocenters. The zero-order chi connectivity index (χ0) is 18.2. The van der Waals surface area contributed by atoms with E-state index >= 15 is 0 Å². The highest BCUT2D eigenvalue weighted by Gasteiger charge is 2.33. The summed E-state index contributed by atoms with van der Waals surface area (Å²) in [6, 6.07) is 0. The number of ether oxygens (including phenoxy) is 1. The standard InChI is InChI=1S/C19H24N2O2S2/c1-6-8-24-18-20-16-15(17(22)21(18)10-12(3)4)13-9-19(5,7-2)23-11-14(13)25-16/h6H,1,3,7-11H2,2,4-5H3/t19-/m1/s1. The molecule has 0 saturated heterocycles. The SMILES string of the molecule is C=CCSc1nc2sc3c(c2c(=O)n1CC(=C)C)C[C@@](C)(CC)OC3. The van der Waals surface area contributed by atoms with Crippen molar-refractivity contribution in [3.8, 4) is 0 Å². The van der Waals surface area contributed by atoms with Crippen LogP contribution in [-0.4, -0.2) is 20.9 Å². The van der Waals surface area contributed by atoms with Gasteiger partial charge >= 0.3 is 0 Å². The summed E-state index contributed by atoms with van der Waals surface area (Å²) in [4.78, 5) is 20.1. The van der Waals surface area contributed by atoms with Crippen LogP contribution in [0.25, 0.3) is 10.2 Å². The molecule has 0 aromatic carbocycles. The van der Waals surface area contributed by atoms with E-state index in [-0.39, 0.29) is 11.2 Å². The summed E-state index contributed by atoms with van der Waals surface area (Å²) < 4.78 is 7.80. The van der Waals surface area contributed by atoms with Crippen molar-refractivity contribution in [1.29, 1.82) is 0 Å². The number of fused-ring (bicyclic) bond motifs is 3. The lowest BCUT2D eigenvalue weighted by Gasteiger charge is -2.32. The molecule has 0 N–H and O–H groups in total. The largest absolute Gasteiger partial charge is 0.369 e. The van der Waals surface area contributed by atoms with E-state index in [1.807, 2.05) is 13.0 Å². The molecule has 0 bridgehead atoms. The van der Waals surface area contributed by atoms with Gasteiger partial charge in [0.1, 0.15) is 4.83 Å². The molecule has 2 aromatic rings. The molecule has 0 spiro atoms. The first-order valence-electron chi connectivity index (χ1n) is 8.45. The van der Waals surface area contributed by atoms with Gasteiger partial charge in [-0.05, 0) is 25.8 Å². The highest BCUT2D eigenvalue weighted by molar-refractivity contribution is 7.99. The van der Waals surface area contributed by atoms with Crippen molar-refractivity contribution in [3.05, 3.63) is 45.6 Å². The van der Waals surface area contributed by atoms with Gasteiger partial charge in [0.2, 0.25) is 0 Å². The maximum atomic E-state index is 13.3. The maximum absolute atomic E-state index is 13.3. The molecule has 3 rings (SSSR count). The Morgan fingerprint density at radius 2 is 2.32 bits per heavy atom. The third-order valence-electron chi connectivity index (χ3n) is 4.57. The zero-order valence-corrected chi connectivity index (χ0v) is 16.7. The van der Waals surface area contributed by atoms with Crippen molar-refractivity contribution in [2.45, 2.75) is 57.5 Å². The van der Waals surface area contributed by atoms with Crippen molar-refractivity contribution in [3.63, 3.8) is 0 Å². The van der Waals surface area contributed by atoms with Crippen molar-refractivity contribution in [2.24, 2.45) is 0 Å². The fourth-order valence-electron chi connectivity index (χ4n) is 3.01. The third kappa shape index (κ3) is 3.48. The van der Waals surface area contributed by atoms with Crippen LogP contribution in [0.15, 0.2) is 34.8 Å². The average molecular weight is 377 g/mol. The minimum atomic E-state index is -0.205. The summed E-state index contributed by atoms with van der Waals surface area (Å²) >= 11 is 3.13. The first-order chi connectivity index (χ1) is 11.9. The topological polar surface area (TPSA) is 44.1 Å². The van der Waals surface area contributed by atoms with Gasteiger partial charge < -0.3 is 4.74 Å². The maximum Gasteiger partial charge on any atom is 0.263 e. The lowest BCUT2D eigenvalue weighted by Crippen LogP contribution is -2.34. The van der Waals surface area contributed by atoms with Gasteiger partial charge in [-0.3, -0.25) is 9.36 Å². The van der Waals surface area contributed by atoms with E-state index in [4.69, 9.17) is 9.72 Å². The fourth-order valence-corrected chi connectivity index (χ4v) is 4.89. The molecule has 6 heteroatoms. The van der Waals surface area contributed by atoms with Crippen LogP contribution in [0.5, 0.6) is 0 Å². The zero-order valence-electron chi connectivity index (χ0n) is 15.1. The predicted octanol–water partition coefficient (Wildman–Crippen LogP) is 4.55. The van der Waals surface area contributed by atoms with E-state index in [2.05, 4.69) is 27.0 Å². The number of rotatable bonds is 6. The smallest absolute Gasteiger partial charge is 0.263 e. The van der Waals surface area contributed by atoms with E-state index in [9.17, 15) is 4.79 Å². The van der Waals surface area contributed by atoms with Gasteiger partial charge in [-0.25, -0.2) is 4.98 Å². The van der Waals surface area contributed by atoms with Crippen LogP contribution < -0.4 is 5.56 Å². The Morgan fingerprint density at radius 1 is 1.56 bits per heavy atom. The molecule has 0 amide bonds. The summed E-state index contributed by atoms with van der Waals surface area (Å²) in [5.74, 6) is 0.718. The number of aromatic nitrogens is 2. The Morgan fingerprint density at radius 3 is 2.96 bits per heavy atom. The average Bonchev–Trinajstić information content (AvgIpc) is 2.93. The van der Waals surface area contributed by atoms with Crippen molar-refractivity contribution >= 4 is 33.3 Å². The number of thioether (sulfide) groups is 1. The van der Waals surface area contributed by atoms with Gasteiger partial charge in [-0.1, -0.05) is 36.9 Å². The van der Waals surface area contributed by atoms with Gasteiger partial charge in [0.15, 0.2) is 5.16 Å². The minimum Gasteiger partial charge on any atom is -0.369 e. The molecule has 1 atom stereocenters. The van der Waals surface area contributed by atoms with Crippen LogP contribution in [-0.2, 0) is 24.3 Å². The molecule has 4 nitrogen and oxygen atoms in total. The number of nitrogens with zero attached hydrogens (tertiary/aromatic N) is 2. The highest BCUT2D eigenvalue weighted by Crippen LogP contribution is 2.38. The number of hydrogen-bond donors (Lipinski definition) is 0. The van der Waals surface area contributed by atoms with Crippen molar-refractivity contribution in [2.75, 3.05) is 5.75 Å². The van der Waals surface area contributed by atoms with E-state index in [0.29, 0.717) is 13.2 Å². The molecule has 1 aliphatic rings. The second-order valence-corrected chi connectivity index (χ2v) is 8.87. The molecular formula is C19H24N2O2S2. The third-order valence-corrected chi connectivity index (χ3v) is 6.64. The summed E-state index contributed by atoms with van der Waals surface area (Å²) in [5, 5.41) is 1.50. The molecule has 1 aliphatic heterocycles. The Bertz CT molecular complexity index is 897. The number of allylic oxidation sites excluding steroid dienone is 1.